The van der Waals surface area contributed by atoms with Crippen molar-refractivity contribution in [2.75, 3.05) is 22.7 Å². The minimum absolute atomic E-state index is 0.268. The summed E-state index contributed by atoms with van der Waals surface area (Å²) in [6.07, 6.45) is 1.79. The van der Waals surface area contributed by atoms with Gasteiger partial charge in [-0.25, -0.2) is 0 Å². The number of fused-ring (bicyclic) bond motifs is 1. The third-order valence-corrected chi connectivity index (χ3v) is 7.28. The van der Waals surface area contributed by atoms with Crippen LogP contribution in [0, 0.1) is 6.92 Å². The zero-order chi connectivity index (χ0) is 23.0. The quantitative estimate of drug-likeness (QED) is 0.481. The lowest BCUT2D eigenvalue weighted by atomic mass is 10.0. The van der Waals surface area contributed by atoms with E-state index < -0.39 is 10.2 Å². The Labute approximate surface area is 192 Å². The molecule has 33 heavy (non-hydrogen) atoms. The Morgan fingerprint density at radius 2 is 1.82 bits per heavy atom. The van der Waals surface area contributed by atoms with Crippen molar-refractivity contribution in [1.82, 2.24) is 9.71 Å². The third kappa shape index (κ3) is 4.06. The molecule has 0 radical (unpaired) electrons. The predicted molar refractivity (Wildman–Crippen MR) is 131 cm³/mol. The molecule has 0 atom stereocenters. The molecule has 2 N–H and O–H groups in total. The van der Waals surface area contributed by atoms with Gasteiger partial charge in [-0.15, -0.1) is 0 Å². The van der Waals surface area contributed by atoms with Gasteiger partial charge in [0.2, 0.25) is 0 Å². The Bertz CT molecular complexity index is 1460. The van der Waals surface area contributed by atoms with Crippen molar-refractivity contribution >= 4 is 38.3 Å². The number of hydrogen-bond acceptors (Lipinski definition) is 4. The van der Waals surface area contributed by atoms with Gasteiger partial charge in [0.05, 0.1) is 11.4 Å². The summed E-state index contributed by atoms with van der Waals surface area (Å²) in [4.78, 5) is 17.5. The molecule has 0 unspecified atom stereocenters. The molecule has 5 rings (SSSR count). The SMILES string of the molecule is Cc1ccc(-c2nccc3ccccc23)cc1NC(=O)c1ccc(N2CCNS2(=O)=O)cc1. The Balaban J connectivity index is 1.41. The second-order valence-corrected chi connectivity index (χ2v) is 9.56. The van der Waals surface area contributed by atoms with Crippen LogP contribution in [-0.4, -0.2) is 32.4 Å². The van der Waals surface area contributed by atoms with Crippen LogP contribution in [0.4, 0.5) is 11.4 Å². The standard InChI is InChI=1S/C25H22N4O3S/c1-17-6-7-20(24-22-5-3-2-4-18(22)12-13-26-24)16-23(17)28-25(30)19-8-10-21(11-9-19)29-15-14-27-33(29,31)32/h2-13,16,27H,14-15H2,1H3,(H,28,30). The maximum absolute atomic E-state index is 12.9. The summed E-state index contributed by atoms with van der Waals surface area (Å²) < 4.78 is 27.8. The molecule has 3 aromatic carbocycles. The number of nitrogens with zero attached hydrogens (tertiary/aromatic N) is 2. The van der Waals surface area contributed by atoms with E-state index in [-0.39, 0.29) is 5.91 Å². The molecule has 1 aromatic heterocycles. The highest BCUT2D eigenvalue weighted by atomic mass is 32.2. The summed E-state index contributed by atoms with van der Waals surface area (Å²) in [6.45, 7) is 2.66. The predicted octanol–water partition coefficient (Wildman–Crippen LogP) is 4.12. The maximum Gasteiger partial charge on any atom is 0.301 e. The van der Waals surface area contributed by atoms with E-state index in [1.54, 1.807) is 30.5 Å². The molecular formula is C25H22N4O3S. The molecule has 2 heterocycles. The lowest BCUT2D eigenvalue weighted by Gasteiger charge is -2.16. The van der Waals surface area contributed by atoms with Gasteiger partial charge in [-0.1, -0.05) is 36.4 Å². The molecule has 1 fully saturated rings. The van der Waals surface area contributed by atoms with E-state index in [4.69, 9.17) is 0 Å². The van der Waals surface area contributed by atoms with Gasteiger partial charge in [-0.05, 0) is 54.3 Å². The van der Waals surface area contributed by atoms with E-state index in [2.05, 4.69) is 15.0 Å². The lowest BCUT2D eigenvalue weighted by molar-refractivity contribution is 0.102. The van der Waals surface area contributed by atoms with E-state index in [1.165, 1.54) is 4.31 Å². The molecule has 0 aliphatic carbocycles. The van der Waals surface area contributed by atoms with Crippen LogP contribution in [0.1, 0.15) is 15.9 Å². The number of anilines is 2. The van der Waals surface area contributed by atoms with Crippen LogP contribution in [0.5, 0.6) is 0 Å². The highest BCUT2D eigenvalue weighted by Gasteiger charge is 2.27. The Hall–Kier alpha value is -3.75. The van der Waals surface area contributed by atoms with E-state index in [0.717, 1.165) is 27.6 Å². The first-order valence-electron chi connectivity index (χ1n) is 10.6. The minimum atomic E-state index is -3.50. The molecule has 7 nitrogen and oxygen atoms in total. The fourth-order valence-corrected chi connectivity index (χ4v) is 5.21. The highest BCUT2D eigenvalue weighted by molar-refractivity contribution is 7.91. The lowest BCUT2D eigenvalue weighted by Crippen LogP contribution is -2.29. The van der Waals surface area contributed by atoms with E-state index in [1.807, 2.05) is 55.5 Å². The molecule has 0 spiro atoms. The second kappa shape index (κ2) is 8.31. The molecule has 4 aromatic rings. The molecule has 0 saturated carbocycles. The van der Waals surface area contributed by atoms with Crippen LogP contribution in [0.3, 0.4) is 0 Å². The average molecular weight is 459 g/mol. The molecule has 1 amide bonds. The van der Waals surface area contributed by atoms with Crippen molar-refractivity contribution in [2.45, 2.75) is 6.92 Å². The molecule has 1 saturated heterocycles. The highest BCUT2D eigenvalue weighted by Crippen LogP contribution is 2.30. The van der Waals surface area contributed by atoms with Gasteiger partial charge in [-0.2, -0.15) is 13.1 Å². The first-order chi connectivity index (χ1) is 15.9. The normalized spacial score (nSPS) is 15.0. The van der Waals surface area contributed by atoms with E-state index in [0.29, 0.717) is 30.0 Å². The summed E-state index contributed by atoms with van der Waals surface area (Å²) in [7, 11) is -3.50. The van der Waals surface area contributed by atoms with Gasteiger partial charge in [-0.3, -0.25) is 14.1 Å². The topological polar surface area (TPSA) is 91.4 Å². The van der Waals surface area contributed by atoms with Gasteiger partial charge in [0.25, 0.3) is 5.91 Å². The van der Waals surface area contributed by atoms with Crippen LogP contribution >= 0.6 is 0 Å². The zero-order valence-corrected chi connectivity index (χ0v) is 18.8. The fourth-order valence-electron chi connectivity index (χ4n) is 3.97. The van der Waals surface area contributed by atoms with Crippen LogP contribution in [0.15, 0.2) is 79.0 Å². The number of carbonyl (C=O) groups excluding carboxylic acids is 1. The zero-order valence-electron chi connectivity index (χ0n) is 17.9. The number of carbonyl (C=O) groups is 1. The number of pyridine rings is 1. The van der Waals surface area contributed by atoms with Crippen molar-refractivity contribution in [3.8, 4) is 11.3 Å². The number of aromatic nitrogens is 1. The van der Waals surface area contributed by atoms with Gasteiger partial charge in [0, 0.05) is 41.5 Å². The van der Waals surface area contributed by atoms with Gasteiger partial charge in [0.1, 0.15) is 0 Å². The van der Waals surface area contributed by atoms with Crippen LogP contribution < -0.4 is 14.3 Å². The van der Waals surface area contributed by atoms with Crippen LogP contribution in [0.2, 0.25) is 0 Å². The summed E-state index contributed by atoms with van der Waals surface area (Å²) in [5.41, 5.74) is 4.36. The third-order valence-electron chi connectivity index (χ3n) is 5.74. The molecule has 1 aliphatic rings. The van der Waals surface area contributed by atoms with Crippen molar-refractivity contribution in [1.29, 1.82) is 0 Å². The minimum Gasteiger partial charge on any atom is -0.322 e. The Morgan fingerprint density at radius 3 is 2.58 bits per heavy atom. The van der Waals surface area contributed by atoms with Crippen molar-refractivity contribution < 1.29 is 13.2 Å². The number of rotatable bonds is 4. The number of aryl methyl sites for hydroxylation is 1. The summed E-state index contributed by atoms with van der Waals surface area (Å²) in [5, 5.41) is 5.12. The van der Waals surface area contributed by atoms with Gasteiger partial charge >= 0.3 is 10.2 Å². The van der Waals surface area contributed by atoms with Crippen LogP contribution in [0.25, 0.3) is 22.0 Å². The molecular weight excluding hydrogens is 436 g/mol. The van der Waals surface area contributed by atoms with E-state index >= 15 is 0 Å². The smallest absolute Gasteiger partial charge is 0.301 e. The van der Waals surface area contributed by atoms with E-state index in [9.17, 15) is 13.2 Å². The maximum atomic E-state index is 12.9. The van der Waals surface area contributed by atoms with Crippen LogP contribution in [-0.2, 0) is 10.2 Å². The second-order valence-electron chi connectivity index (χ2n) is 7.88. The largest absolute Gasteiger partial charge is 0.322 e. The summed E-state index contributed by atoms with van der Waals surface area (Å²) in [5.74, 6) is -0.268. The Kier molecular flexibility index (Phi) is 5.32. The van der Waals surface area contributed by atoms with Crippen molar-refractivity contribution in [3.05, 3.63) is 90.1 Å². The average Bonchev–Trinajstić information content (AvgIpc) is 3.19. The molecule has 0 bridgehead atoms. The van der Waals surface area contributed by atoms with Crippen molar-refractivity contribution in [3.63, 3.8) is 0 Å². The van der Waals surface area contributed by atoms with Gasteiger partial charge < -0.3 is 5.32 Å². The molecule has 8 heteroatoms. The van der Waals surface area contributed by atoms with Crippen molar-refractivity contribution in [2.24, 2.45) is 0 Å². The number of amides is 1. The molecule has 1 aliphatic heterocycles. The molecule has 166 valence electrons. The Morgan fingerprint density at radius 1 is 1.03 bits per heavy atom. The number of hydrogen-bond donors (Lipinski definition) is 2. The first kappa shape index (κ1) is 21.1. The number of benzene rings is 3. The fraction of sp³-hybridized carbons (Fsp3) is 0.120. The summed E-state index contributed by atoms with van der Waals surface area (Å²) in [6, 6.07) is 22.5. The summed E-state index contributed by atoms with van der Waals surface area (Å²) >= 11 is 0. The van der Waals surface area contributed by atoms with Gasteiger partial charge in [0.15, 0.2) is 0 Å². The first-order valence-corrected chi connectivity index (χ1v) is 12.0. The monoisotopic (exact) mass is 458 g/mol. The number of nitrogens with one attached hydrogen (secondary N) is 2.